The van der Waals surface area contributed by atoms with Gasteiger partial charge in [-0.25, -0.2) is 13.1 Å². The minimum atomic E-state index is -3.69. The zero-order valence-electron chi connectivity index (χ0n) is 19.8. The first kappa shape index (κ1) is 23.4. The number of carbonyl (C=O) groups is 1. The number of nitrogens with zero attached hydrogens (tertiary/aromatic N) is 1. The van der Waals surface area contributed by atoms with Gasteiger partial charge in [0.15, 0.2) is 11.5 Å². The fourth-order valence-corrected chi connectivity index (χ4v) is 5.58. The van der Waals surface area contributed by atoms with Gasteiger partial charge in [-0.3, -0.25) is 9.78 Å². The van der Waals surface area contributed by atoms with E-state index in [1.54, 1.807) is 24.3 Å². The Morgan fingerprint density at radius 1 is 0.973 bits per heavy atom. The van der Waals surface area contributed by atoms with Crippen LogP contribution in [0.1, 0.15) is 31.3 Å². The van der Waals surface area contributed by atoms with Crippen LogP contribution in [0.15, 0.2) is 88.4 Å². The van der Waals surface area contributed by atoms with Crippen LogP contribution < -0.4 is 14.2 Å². The molecule has 2 aromatic heterocycles. The predicted molar refractivity (Wildman–Crippen MR) is 137 cm³/mol. The second kappa shape index (κ2) is 9.17. The number of nitrogens with one attached hydrogen (secondary N) is 1. The number of hydrogen-bond acceptors (Lipinski definition) is 7. The number of sulfonamides is 1. The molecule has 190 valence electrons. The van der Waals surface area contributed by atoms with Crippen LogP contribution in [0.5, 0.6) is 11.5 Å². The average Bonchev–Trinajstić information content (AvgIpc) is 3.31. The molecule has 37 heavy (non-hydrogen) atoms. The molecule has 1 fully saturated rings. The van der Waals surface area contributed by atoms with E-state index >= 15 is 0 Å². The van der Waals surface area contributed by atoms with Crippen LogP contribution in [0.4, 0.5) is 0 Å². The summed E-state index contributed by atoms with van der Waals surface area (Å²) in [6.07, 6.45) is 3.31. The Bertz CT molecular complexity index is 1570. The summed E-state index contributed by atoms with van der Waals surface area (Å²) in [6, 6.07) is 21.2. The summed E-state index contributed by atoms with van der Waals surface area (Å²) in [4.78, 5) is 18.2. The Hall–Kier alpha value is -3.95. The Balaban J connectivity index is 0.00000294. The molecule has 1 saturated carbocycles. The number of hydrogen-bond donors (Lipinski definition) is 1. The summed E-state index contributed by atoms with van der Waals surface area (Å²) >= 11 is 0. The Morgan fingerprint density at radius 2 is 1.78 bits per heavy atom. The highest BCUT2D eigenvalue weighted by Gasteiger charge is 2.51. The maximum absolute atomic E-state index is 13.4. The van der Waals surface area contributed by atoms with Gasteiger partial charge >= 0.3 is 0 Å². The summed E-state index contributed by atoms with van der Waals surface area (Å²) in [6.45, 7) is 0.271. The van der Waals surface area contributed by atoms with E-state index in [0.717, 1.165) is 24.0 Å². The monoisotopic (exact) mass is 518 g/mol. The summed E-state index contributed by atoms with van der Waals surface area (Å²) < 4.78 is 43.8. The van der Waals surface area contributed by atoms with Gasteiger partial charge in [-0.2, -0.15) is 0 Å². The third kappa shape index (κ3) is 4.63. The predicted octanol–water partition coefficient (Wildman–Crippen LogP) is 4.64. The standard InChI is InChI=1S/C28H24N2O6S.H2/c31-27(28(12-13-28)20-8-11-25-26(15-20)36-18-35-25)16-21-3-1-5-24(30-21)19-6-9-23(10-7-19)37(32,33)29-17-22-4-2-14-34-22;/h1-11,14-15,29H,12-13,16-18H2;1H. The lowest BCUT2D eigenvalue weighted by Crippen LogP contribution is -2.23. The molecule has 0 bridgehead atoms. The van der Waals surface area contributed by atoms with Crippen molar-refractivity contribution in [2.45, 2.75) is 36.1 Å². The Labute approximate surface area is 215 Å². The number of Topliss-reactive ketones (excluding diaryl/α,β-unsaturated/α-hetero) is 1. The number of pyridine rings is 1. The molecule has 1 N–H and O–H groups in total. The molecule has 4 aromatic rings. The summed E-state index contributed by atoms with van der Waals surface area (Å²) in [5.41, 5.74) is 2.56. The molecule has 8 nitrogen and oxygen atoms in total. The summed E-state index contributed by atoms with van der Waals surface area (Å²) in [7, 11) is -3.69. The highest BCUT2D eigenvalue weighted by atomic mass is 32.2. The maximum Gasteiger partial charge on any atom is 0.240 e. The quantitative estimate of drug-likeness (QED) is 0.344. The van der Waals surface area contributed by atoms with Crippen LogP contribution in [0.2, 0.25) is 0 Å². The van der Waals surface area contributed by atoms with Gasteiger partial charge in [-0.1, -0.05) is 24.3 Å². The highest BCUT2D eigenvalue weighted by molar-refractivity contribution is 7.89. The van der Waals surface area contributed by atoms with Crippen LogP contribution in [0.25, 0.3) is 11.3 Å². The molecule has 6 rings (SSSR count). The molecular weight excluding hydrogens is 492 g/mol. The molecule has 1 aliphatic carbocycles. The largest absolute Gasteiger partial charge is 0.468 e. The molecule has 9 heteroatoms. The van der Waals surface area contributed by atoms with Crippen molar-refractivity contribution in [2.24, 2.45) is 0 Å². The first-order valence-electron chi connectivity index (χ1n) is 11.9. The van der Waals surface area contributed by atoms with Crippen LogP contribution in [0, 0.1) is 0 Å². The van der Waals surface area contributed by atoms with Crippen molar-refractivity contribution in [2.75, 3.05) is 6.79 Å². The smallest absolute Gasteiger partial charge is 0.240 e. The van der Waals surface area contributed by atoms with Crippen molar-refractivity contribution in [3.63, 3.8) is 0 Å². The molecule has 0 unspecified atom stereocenters. The summed E-state index contributed by atoms with van der Waals surface area (Å²) in [5.74, 6) is 2.04. The second-order valence-electron chi connectivity index (χ2n) is 9.19. The van der Waals surface area contributed by atoms with Gasteiger partial charge in [0.2, 0.25) is 16.8 Å². The van der Waals surface area contributed by atoms with Gasteiger partial charge in [-0.05, 0) is 66.9 Å². The number of carbonyl (C=O) groups excluding carboxylic acids is 1. The van der Waals surface area contributed by atoms with Crippen molar-refractivity contribution < 1.29 is 28.5 Å². The minimum absolute atomic E-state index is 0. The second-order valence-corrected chi connectivity index (χ2v) is 11.0. The number of ketones is 1. The van der Waals surface area contributed by atoms with Crippen molar-refractivity contribution in [1.82, 2.24) is 9.71 Å². The average molecular weight is 519 g/mol. The lowest BCUT2D eigenvalue weighted by Gasteiger charge is -2.15. The molecule has 0 saturated heterocycles. The lowest BCUT2D eigenvalue weighted by atomic mass is 9.88. The first-order chi connectivity index (χ1) is 17.9. The number of rotatable bonds is 9. The molecule has 2 aromatic carbocycles. The van der Waals surface area contributed by atoms with Gasteiger partial charge in [0.1, 0.15) is 11.5 Å². The SMILES string of the molecule is O=C(Cc1cccc(-c2ccc(S(=O)(=O)NCc3ccco3)cc2)n1)C1(c2ccc3c(c2)OCO3)CC1.[HH]. The van der Waals surface area contributed by atoms with E-state index in [2.05, 4.69) is 4.72 Å². The normalized spacial score (nSPS) is 15.5. The van der Waals surface area contributed by atoms with Gasteiger partial charge in [0, 0.05) is 19.1 Å². The Kier molecular flexibility index (Phi) is 5.81. The molecule has 0 spiro atoms. The van der Waals surface area contributed by atoms with Crippen LogP contribution in [-0.4, -0.2) is 26.0 Å². The molecular formula is C28H26N2O6S. The van der Waals surface area contributed by atoms with Crippen LogP contribution in [-0.2, 0) is 33.2 Å². The highest BCUT2D eigenvalue weighted by Crippen LogP contribution is 2.51. The van der Waals surface area contributed by atoms with E-state index in [4.69, 9.17) is 18.9 Å². The van der Waals surface area contributed by atoms with Crippen molar-refractivity contribution in [3.8, 4) is 22.8 Å². The maximum atomic E-state index is 13.4. The van der Waals surface area contributed by atoms with Gasteiger partial charge in [0.05, 0.1) is 28.8 Å². The third-order valence-corrected chi connectivity index (χ3v) is 8.25. The zero-order chi connectivity index (χ0) is 25.5. The zero-order valence-corrected chi connectivity index (χ0v) is 20.7. The fourth-order valence-electron chi connectivity index (χ4n) is 4.59. The minimum Gasteiger partial charge on any atom is -0.468 e. The van der Waals surface area contributed by atoms with E-state index < -0.39 is 15.4 Å². The summed E-state index contributed by atoms with van der Waals surface area (Å²) in [5, 5.41) is 0. The number of ether oxygens (including phenoxy) is 2. The molecule has 1 aliphatic heterocycles. The van der Waals surface area contributed by atoms with Gasteiger partial charge in [-0.15, -0.1) is 0 Å². The number of fused-ring (bicyclic) bond motifs is 1. The number of aromatic nitrogens is 1. The van der Waals surface area contributed by atoms with Gasteiger partial charge in [0.25, 0.3) is 0 Å². The van der Waals surface area contributed by atoms with E-state index in [0.29, 0.717) is 28.6 Å². The lowest BCUT2D eigenvalue weighted by molar-refractivity contribution is -0.120. The van der Waals surface area contributed by atoms with E-state index in [1.807, 2.05) is 36.4 Å². The van der Waals surface area contributed by atoms with Crippen LogP contribution in [0.3, 0.4) is 0 Å². The molecule has 0 radical (unpaired) electrons. The van der Waals surface area contributed by atoms with E-state index in [1.165, 1.54) is 18.4 Å². The third-order valence-electron chi connectivity index (χ3n) is 6.83. The van der Waals surface area contributed by atoms with Crippen molar-refractivity contribution >= 4 is 15.8 Å². The van der Waals surface area contributed by atoms with E-state index in [9.17, 15) is 13.2 Å². The van der Waals surface area contributed by atoms with Crippen molar-refractivity contribution in [3.05, 3.63) is 96.1 Å². The van der Waals surface area contributed by atoms with Crippen LogP contribution >= 0.6 is 0 Å². The molecule has 0 amide bonds. The van der Waals surface area contributed by atoms with Crippen molar-refractivity contribution in [1.29, 1.82) is 0 Å². The van der Waals surface area contributed by atoms with Gasteiger partial charge < -0.3 is 13.9 Å². The topological polar surface area (TPSA) is 108 Å². The first-order valence-corrected chi connectivity index (χ1v) is 13.4. The fraction of sp³-hybridized carbons (Fsp3) is 0.214. The number of furan rings is 1. The molecule has 0 atom stereocenters. The number of benzene rings is 2. The molecule has 2 aliphatic rings. The molecule has 3 heterocycles. The Morgan fingerprint density at radius 3 is 2.54 bits per heavy atom. The van der Waals surface area contributed by atoms with E-state index in [-0.39, 0.29) is 31.9 Å².